The first-order valence-electron chi connectivity index (χ1n) is 8.58. The number of hydrogen-bond acceptors (Lipinski definition) is 2. The molecule has 2 N–H and O–H groups in total. The zero-order chi connectivity index (χ0) is 16.1. The van der Waals surface area contributed by atoms with Crippen LogP contribution in [0.4, 0.5) is 0 Å². The Kier molecular flexibility index (Phi) is 4.92. The van der Waals surface area contributed by atoms with E-state index in [0.717, 1.165) is 38.4 Å². The molecule has 0 unspecified atom stereocenters. The van der Waals surface area contributed by atoms with Crippen molar-refractivity contribution in [1.29, 1.82) is 0 Å². The van der Waals surface area contributed by atoms with Gasteiger partial charge >= 0.3 is 0 Å². The second-order valence-electron chi connectivity index (χ2n) is 6.90. The highest BCUT2D eigenvalue weighted by molar-refractivity contribution is 5.64. The van der Waals surface area contributed by atoms with Crippen molar-refractivity contribution in [2.75, 3.05) is 0 Å². The van der Waals surface area contributed by atoms with Crippen LogP contribution in [0.15, 0.2) is 54.6 Å². The number of carbonyl (C=O) groups excluding carboxylic acids is 1. The molecular formula is C21H25NO. The molecule has 0 radical (unpaired) electrons. The number of benzene rings is 2. The average Bonchev–Trinajstić information content (AvgIpc) is 2.62. The zero-order valence-electron chi connectivity index (χ0n) is 13.6. The summed E-state index contributed by atoms with van der Waals surface area (Å²) in [6.07, 6.45) is 7.10. The molecule has 2 aromatic carbocycles. The number of rotatable bonds is 5. The molecule has 2 heteroatoms. The fourth-order valence-electron chi connectivity index (χ4n) is 3.49. The van der Waals surface area contributed by atoms with Crippen molar-refractivity contribution in [3.63, 3.8) is 0 Å². The molecule has 1 saturated carbocycles. The fraction of sp³-hybridized carbons (Fsp3) is 0.381. The van der Waals surface area contributed by atoms with Crippen molar-refractivity contribution in [2.24, 2.45) is 11.7 Å². The minimum absolute atomic E-state index is 0.548. The summed E-state index contributed by atoms with van der Waals surface area (Å²) in [5.74, 6) is 0.709. The second kappa shape index (κ2) is 7.10. The first kappa shape index (κ1) is 15.9. The Labute approximate surface area is 138 Å². The van der Waals surface area contributed by atoms with E-state index in [4.69, 9.17) is 5.73 Å². The van der Waals surface area contributed by atoms with Crippen LogP contribution in [0.1, 0.15) is 37.7 Å². The van der Waals surface area contributed by atoms with E-state index in [9.17, 15) is 4.79 Å². The SMILES string of the molecule is NC1(C=O)CCC(CCc2ccc(-c3ccccc3)cc2)CC1. The van der Waals surface area contributed by atoms with Crippen molar-refractivity contribution in [3.05, 3.63) is 60.2 Å². The number of hydrogen-bond donors (Lipinski definition) is 1. The highest BCUT2D eigenvalue weighted by Gasteiger charge is 2.30. The number of carbonyl (C=O) groups is 1. The smallest absolute Gasteiger partial charge is 0.139 e. The predicted octanol–water partition coefficient (Wildman–Crippen LogP) is 4.37. The lowest BCUT2D eigenvalue weighted by molar-refractivity contribution is -0.113. The molecule has 0 heterocycles. The molecule has 2 aromatic rings. The summed E-state index contributed by atoms with van der Waals surface area (Å²) in [5, 5.41) is 0. The van der Waals surface area contributed by atoms with E-state index in [1.807, 2.05) is 6.07 Å². The summed E-state index contributed by atoms with van der Waals surface area (Å²) in [5.41, 5.74) is 9.41. The van der Waals surface area contributed by atoms with Crippen LogP contribution in [-0.2, 0) is 11.2 Å². The molecule has 3 rings (SSSR count). The molecule has 0 saturated heterocycles. The van der Waals surface area contributed by atoms with Gasteiger partial charge in [0, 0.05) is 0 Å². The van der Waals surface area contributed by atoms with Crippen LogP contribution in [0.25, 0.3) is 11.1 Å². The average molecular weight is 307 g/mol. The van der Waals surface area contributed by atoms with Gasteiger partial charge in [0.1, 0.15) is 6.29 Å². The Hall–Kier alpha value is -1.93. The van der Waals surface area contributed by atoms with E-state index in [1.54, 1.807) is 0 Å². The van der Waals surface area contributed by atoms with Gasteiger partial charge in [0.25, 0.3) is 0 Å². The van der Waals surface area contributed by atoms with Gasteiger partial charge < -0.3 is 10.5 Å². The molecule has 2 nitrogen and oxygen atoms in total. The van der Waals surface area contributed by atoms with E-state index in [2.05, 4.69) is 48.5 Å². The molecule has 1 fully saturated rings. The Balaban J connectivity index is 1.53. The third-order valence-electron chi connectivity index (χ3n) is 5.17. The van der Waals surface area contributed by atoms with Gasteiger partial charge in [-0.25, -0.2) is 0 Å². The lowest BCUT2D eigenvalue weighted by Gasteiger charge is -2.32. The largest absolute Gasteiger partial charge is 0.319 e. The van der Waals surface area contributed by atoms with Crippen LogP contribution in [0.3, 0.4) is 0 Å². The highest BCUT2D eigenvalue weighted by atomic mass is 16.1. The van der Waals surface area contributed by atoms with Gasteiger partial charge in [-0.05, 0) is 61.1 Å². The Morgan fingerprint density at radius 3 is 2.17 bits per heavy atom. The van der Waals surface area contributed by atoms with Crippen LogP contribution in [0, 0.1) is 5.92 Å². The van der Waals surface area contributed by atoms with E-state index >= 15 is 0 Å². The van der Waals surface area contributed by atoms with Gasteiger partial charge in [-0.3, -0.25) is 0 Å². The Bertz CT molecular complexity index is 625. The van der Waals surface area contributed by atoms with Gasteiger partial charge in [0.15, 0.2) is 0 Å². The Morgan fingerprint density at radius 2 is 1.57 bits per heavy atom. The van der Waals surface area contributed by atoms with Crippen molar-refractivity contribution in [1.82, 2.24) is 0 Å². The minimum atomic E-state index is -0.548. The molecule has 0 aliphatic heterocycles. The summed E-state index contributed by atoms with van der Waals surface area (Å²) in [4.78, 5) is 11.0. The highest BCUT2D eigenvalue weighted by Crippen LogP contribution is 2.32. The number of aldehydes is 1. The maximum Gasteiger partial charge on any atom is 0.139 e. The third-order valence-corrected chi connectivity index (χ3v) is 5.17. The van der Waals surface area contributed by atoms with Crippen LogP contribution >= 0.6 is 0 Å². The van der Waals surface area contributed by atoms with E-state index in [-0.39, 0.29) is 0 Å². The van der Waals surface area contributed by atoms with E-state index in [1.165, 1.54) is 23.1 Å². The summed E-state index contributed by atoms with van der Waals surface area (Å²) < 4.78 is 0. The standard InChI is InChI=1S/C21H25NO/c22-21(16-23)14-12-18(13-15-21)7-6-17-8-10-20(11-9-17)19-4-2-1-3-5-19/h1-5,8-11,16,18H,6-7,12-15,22H2. The van der Waals surface area contributed by atoms with Crippen molar-refractivity contribution >= 4 is 6.29 Å². The summed E-state index contributed by atoms with van der Waals surface area (Å²) in [6.45, 7) is 0. The molecule has 1 aliphatic carbocycles. The molecule has 120 valence electrons. The van der Waals surface area contributed by atoms with Crippen LogP contribution < -0.4 is 5.73 Å². The van der Waals surface area contributed by atoms with Gasteiger partial charge in [-0.1, -0.05) is 54.6 Å². The first-order valence-corrected chi connectivity index (χ1v) is 8.58. The summed E-state index contributed by atoms with van der Waals surface area (Å²) in [6, 6.07) is 19.4. The third kappa shape index (κ3) is 4.08. The van der Waals surface area contributed by atoms with Gasteiger partial charge in [0.05, 0.1) is 5.54 Å². The molecule has 23 heavy (non-hydrogen) atoms. The summed E-state index contributed by atoms with van der Waals surface area (Å²) >= 11 is 0. The molecule has 1 aliphatic rings. The molecule has 0 atom stereocenters. The summed E-state index contributed by atoms with van der Waals surface area (Å²) in [7, 11) is 0. The fourth-order valence-corrected chi connectivity index (χ4v) is 3.49. The van der Waals surface area contributed by atoms with Crippen molar-refractivity contribution < 1.29 is 4.79 Å². The lowest BCUT2D eigenvalue weighted by atomic mass is 9.76. The topological polar surface area (TPSA) is 43.1 Å². The van der Waals surface area contributed by atoms with Gasteiger partial charge in [0.2, 0.25) is 0 Å². The quantitative estimate of drug-likeness (QED) is 0.833. The van der Waals surface area contributed by atoms with Gasteiger partial charge in [-0.15, -0.1) is 0 Å². The van der Waals surface area contributed by atoms with Crippen LogP contribution in [0.5, 0.6) is 0 Å². The molecule has 0 bridgehead atoms. The molecule has 0 amide bonds. The van der Waals surface area contributed by atoms with Crippen molar-refractivity contribution in [3.8, 4) is 11.1 Å². The lowest BCUT2D eigenvalue weighted by Crippen LogP contribution is -2.44. The molecule has 0 spiro atoms. The predicted molar refractivity (Wildman–Crippen MR) is 95.1 cm³/mol. The monoisotopic (exact) mass is 307 g/mol. The second-order valence-corrected chi connectivity index (χ2v) is 6.90. The number of nitrogens with two attached hydrogens (primary N) is 1. The molecule has 0 aromatic heterocycles. The maximum absolute atomic E-state index is 11.0. The van der Waals surface area contributed by atoms with Gasteiger partial charge in [-0.2, -0.15) is 0 Å². The number of aryl methyl sites for hydroxylation is 1. The molecular weight excluding hydrogens is 282 g/mol. The zero-order valence-corrected chi connectivity index (χ0v) is 13.6. The minimum Gasteiger partial charge on any atom is -0.319 e. The Morgan fingerprint density at radius 1 is 0.957 bits per heavy atom. The van der Waals surface area contributed by atoms with E-state index < -0.39 is 5.54 Å². The maximum atomic E-state index is 11.0. The first-order chi connectivity index (χ1) is 11.2. The van der Waals surface area contributed by atoms with E-state index in [0.29, 0.717) is 5.92 Å². The van der Waals surface area contributed by atoms with Crippen LogP contribution in [0.2, 0.25) is 0 Å². The van der Waals surface area contributed by atoms with Crippen molar-refractivity contribution in [2.45, 2.75) is 44.1 Å². The normalized spacial score (nSPS) is 24.3. The van der Waals surface area contributed by atoms with Crippen LogP contribution in [-0.4, -0.2) is 11.8 Å².